The first kappa shape index (κ1) is 16.2. The molecule has 1 aromatic rings. The summed E-state index contributed by atoms with van der Waals surface area (Å²) in [5, 5.41) is 12.2. The Kier molecular flexibility index (Phi) is 5.99. The predicted octanol–water partition coefficient (Wildman–Crippen LogP) is 0.795. The predicted molar refractivity (Wildman–Crippen MR) is 84.5 cm³/mol. The number of benzene rings is 1. The van der Waals surface area contributed by atoms with Gasteiger partial charge >= 0.3 is 0 Å². The number of rotatable bonds is 6. The molecule has 1 fully saturated rings. The Balaban J connectivity index is 1.71. The van der Waals surface area contributed by atoms with Crippen LogP contribution in [0.2, 0.25) is 0 Å². The molecule has 118 valence electrons. The van der Waals surface area contributed by atoms with E-state index in [-0.39, 0.29) is 0 Å². The summed E-state index contributed by atoms with van der Waals surface area (Å²) in [5.41, 5.74) is 5.50. The summed E-state index contributed by atoms with van der Waals surface area (Å²) in [7, 11) is 2.13. The first-order valence-corrected chi connectivity index (χ1v) is 7.60. The molecule has 0 bridgehead atoms. The minimum absolute atomic E-state index is 0.312. The van der Waals surface area contributed by atoms with Gasteiger partial charge in [0.1, 0.15) is 18.5 Å². The van der Waals surface area contributed by atoms with Crippen LogP contribution in [-0.2, 0) is 0 Å². The van der Waals surface area contributed by atoms with E-state index in [9.17, 15) is 5.11 Å². The fourth-order valence-electron chi connectivity index (χ4n) is 2.46. The summed E-state index contributed by atoms with van der Waals surface area (Å²) in [6.45, 7) is 8.97. The van der Waals surface area contributed by atoms with Crippen molar-refractivity contribution in [1.29, 1.82) is 0 Å². The third kappa shape index (κ3) is 4.97. The van der Waals surface area contributed by atoms with Crippen LogP contribution in [0.4, 0.5) is 0 Å². The van der Waals surface area contributed by atoms with Crippen LogP contribution in [-0.4, -0.2) is 67.5 Å². The van der Waals surface area contributed by atoms with Gasteiger partial charge in [0, 0.05) is 32.7 Å². The molecule has 21 heavy (non-hydrogen) atoms. The monoisotopic (exact) mass is 293 g/mol. The van der Waals surface area contributed by atoms with Crippen molar-refractivity contribution in [1.82, 2.24) is 15.3 Å². The largest absolute Gasteiger partial charge is 0.490 e. The number of piperazine rings is 1. The SMILES string of the molecule is Cc1cccc(C)c1OCC(O)CNN1CCN(C)CC1. The van der Waals surface area contributed by atoms with Gasteiger partial charge < -0.3 is 14.7 Å². The van der Waals surface area contributed by atoms with Crippen molar-refractivity contribution in [2.24, 2.45) is 0 Å². The van der Waals surface area contributed by atoms with E-state index in [1.165, 1.54) is 0 Å². The Morgan fingerprint density at radius 2 is 1.81 bits per heavy atom. The lowest BCUT2D eigenvalue weighted by Gasteiger charge is -2.33. The van der Waals surface area contributed by atoms with Crippen molar-refractivity contribution in [2.75, 3.05) is 46.4 Å². The normalized spacial score (nSPS) is 18.7. The highest BCUT2D eigenvalue weighted by molar-refractivity contribution is 5.39. The second kappa shape index (κ2) is 7.75. The molecular weight excluding hydrogens is 266 g/mol. The molecule has 5 heteroatoms. The Hall–Kier alpha value is -1.14. The van der Waals surface area contributed by atoms with Gasteiger partial charge in [-0.2, -0.15) is 0 Å². The fraction of sp³-hybridized carbons (Fsp3) is 0.625. The zero-order valence-corrected chi connectivity index (χ0v) is 13.3. The Morgan fingerprint density at radius 3 is 2.43 bits per heavy atom. The van der Waals surface area contributed by atoms with Crippen molar-refractivity contribution in [2.45, 2.75) is 20.0 Å². The van der Waals surface area contributed by atoms with Gasteiger partial charge in [0.25, 0.3) is 0 Å². The molecule has 1 aliphatic rings. The number of hydrogen-bond donors (Lipinski definition) is 2. The van der Waals surface area contributed by atoms with Gasteiger partial charge in [-0.15, -0.1) is 0 Å². The summed E-state index contributed by atoms with van der Waals surface area (Å²) in [4.78, 5) is 2.30. The van der Waals surface area contributed by atoms with Crippen LogP contribution >= 0.6 is 0 Å². The smallest absolute Gasteiger partial charge is 0.125 e. The van der Waals surface area contributed by atoms with Gasteiger partial charge in [-0.05, 0) is 32.0 Å². The number of hydrogen-bond acceptors (Lipinski definition) is 5. The van der Waals surface area contributed by atoms with Gasteiger partial charge in [-0.3, -0.25) is 5.43 Å². The minimum atomic E-state index is -0.510. The van der Waals surface area contributed by atoms with Gasteiger partial charge in [0.15, 0.2) is 0 Å². The third-order valence-electron chi connectivity index (χ3n) is 3.88. The average molecular weight is 293 g/mol. The number of hydrazine groups is 1. The van der Waals surface area contributed by atoms with Crippen LogP contribution in [0.5, 0.6) is 5.75 Å². The molecule has 2 rings (SSSR count). The minimum Gasteiger partial charge on any atom is -0.490 e. The molecule has 5 nitrogen and oxygen atoms in total. The fourth-order valence-corrected chi connectivity index (χ4v) is 2.46. The molecule has 1 aromatic carbocycles. The zero-order valence-electron chi connectivity index (χ0n) is 13.3. The topological polar surface area (TPSA) is 48.0 Å². The second-order valence-corrected chi connectivity index (χ2v) is 5.84. The summed E-state index contributed by atoms with van der Waals surface area (Å²) in [5.74, 6) is 0.885. The molecule has 0 saturated carbocycles. The van der Waals surface area contributed by atoms with Gasteiger partial charge in [0.05, 0.1) is 0 Å². The number of aryl methyl sites for hydroxylation is 2. The molecule has 0 spiro atoms. The first-order valence-electron chi connectivity index (χ1n) is 7.60. The van der Waals surface area contributed by atoms with E-state index in [1.807, 2.05) is 32.0 Å². The molecule has 2 N–H and O–H groups in total. The summed E-state index contributed by atoms with van der Waals surface area (Å²) < 4.78 is 5.77. The Morgan fingerprint density at radius 1 is 1.19 bits per heavy atom. The van der Waals surface area contributed by atoms with Crippen LogP contribution in [0, 0.1) is 13.8 Å². The zero-order chi connectivity index (χ0) is 15.2. The van der Waals surface area contributed by atoms with E-state index >= 15 is 0 Å². The van der Waals surface area contributed by atoms with Gasteiger partial charge in [0.2, 0.25) is 0 Å². The standard InChI is InChI=1S/C16H27N3O2/c1-13-5-4-6-14(2)16(13)21-12-15(20)11-17-19-9-7-18(3)8-10-19/h4-6,15,17,20H,7-12H2,1-3H3. The van der Waals surface area contributed by atoms with Crippen molar-refractivity contribution >= 4 is 0 Å². The first-order chi connectivity index (χ1) is 10.1. The van der Waals surface area contributed by atoms with Crippen molar-refractivity contribution in [3.8, 4) is 5.75 Å². The molecule has 1 unspecified atom stereocenters. The van der Waals surface area contributed by atoms with E-state index in [0.29, 0.717) is 13.2 Å². The molecule has 1 aliphatic heterocycles. The molecule has 0 aromatic heterocycles. The molecule has 1 saturated heterocycles. The lowest BCUT2D eigenvalue weighted by Crippen LogP contribution is -2.52. The number of aliphatic hydroxyl groups is 1. The molecule has 1 atom stereocenters. The van der Waals surface area contributed by atoms with Crippen molar-refractivity contribution in [3.63, 3.8) is 0 Å². The number of ether oxygens (including phenoxy) is 1. The second-order valence-electron chi connectivity index (χ2n) is 5.84. The van der Waals surface area contributed by atoms with Gasteiger partial charge in [-0.1, -0.05) is 18.2 Å². The number of nitrogens with zero attached hydrogens (tertiary/aromatic N) is 2. The van der Waals surface area contributed by atoms with Gasteiger partial charge in [-0.25, -0.2) is 5.01 Å². The van der Waals surface area contributed by atoms with Crippen LogP contribution < -0.4 is 10.2 Å². The highest BCUT2D eigenvalue weighted by Gasteiger charge is 2.15. The van der Waals surface area contributed by atoms with Crippen LogP contribution in [0.25, 0.3) is 0 Å². The lowest BCUT2D eigenvalue weighted by molar-refractivity contribution is 0.0546. The lowest BCUT2D eigenvalue weighted by atomic mass is 10.1. The maximum absolute atomic E-state index is 10.1. The number of para-hydroxylation sites is 1. The average Bonchev–Trinajstić information content (AvgIpc) is 2.46. The maximum Gasteiger partial charge on any atom is 0.125 e. The van der Waals surface area contributed by atoms with E-state index in [1.54, 1.807) is 0 Å². The highest BCUT2D eigenvalue weighted by atomic mass is 16.5. The molecule has 0 radical (unpaired) electrons. The molecular formula is C16H27N3O2. The van der Waals surface area contributed by atoms with Crippen molar-refractivity contribution < 1.29 is 9.84 Å². The van der Waals surface area contributed by atoms with Crippen LogP contribution in [0.15, 0.2) is 18.2 Å². The quantitative estimate of drug-likeness (QED) is 0.812. The van der Waals surface area contributed by atoms with E-state index in [4.69, 9.17) is 4.74 Å². The Labute approximate surface area is 127 Å². The summed E-state index contributed by atoms with van der Waals surface area (Å²) in [6, 6.07) is 6.07. The van der Waals surface area contributed by atoms with E-state index in [2.05, 4.69) is 22.4 Å². The molecule has 0 aliphatic carbocycles. The van der Waals surface area contributed by atoms with Crippen molar-refractivity contribution in [3.05, 3.63) is 29.3 Å². The highest BCUT2D eigenvalue weighted by Crippen LogP contribution is 2.22. The summed E-state index contributed by atoms with van der Waals surface area (Å²) in [6.07, 6.45) is -0.510. The maximum atomic E-state index is 10.1. The third-order valence-corrected chi connectivity index (χ3v) is 3.88. The number of likely N-dealkylation sites (N-methyl/N-ethyl adjacent to an activating group) is 1. The Bertz CT molecular complexity index is 425. The molecule has 0 amide bonds. The summed E-state index contributed by atoms with van der Waals surface area (Å²) >= 11 is 0. The van der Waals surface area contributed by atoms with E-state index < -0.39 is 6.10 Å². The number of aliphatic hydroxyl groups excluding tert-OH is 1. The van der Waals surface area contributed by atoms with Crippen LogP contribution in [0.3, 0.4) is 0 Å². The number of nitrogens with one attached hydrogen (secondary N) is 1. The van der Waals surface area contributed by atoms with Crippen LogP contribution in [0.1, 0.15) is 11.1 Å². The molecule has 1 heterocycles. The van der Waals surface area contributed by atoms with E-state index in [0.717, 1.165) is 43.1 Å².